The van der Waals surface area contributed by atoms with E-state index in [2.05, 4.69) is 55.0 Å². The maximum atomic E-state index is 12.6. The Morgan fingerprint density at radius 2 is 2.08 bits per heavy atom. The van der Waals surface area contributed by atoms with Crippen LogP contribution in [0, 0.1) is 23.7 Å². The van der Waals surface area contributed by atoms with Crippen LogP contribution in [0.25, 0.3) is 0 Å². The molecule has 10 nitrogen and oxygen atoms in total. The monoisotopic (exact) mass is 505 g/mol. The highest BCUT2D eigenvalue weighted by Crippen LogP contribution is 2.28. The number of aromatic nitrogens is 3. The lowest BCUT2D eigenvalue weighted by molar-refractivity contribution is -0.127. The van der Waals surface area contributed by atoms with E-state index in [9.17, 15) is 9.59 Å². The SMILES string of the molecule is C/C=C(\C(=O)NC)[C@H](C)C(=O)NC1CC(C#Cc2cnc(Nc3ccnc(OC)c3)nc2NCCC)C1. The summed E-state index contributed by atoms with van der Waals surface area (Å²) in [5.41, 5.74) is 1.94. The number of amides is 2. The van der Waals surface area contributed by atoms with E-state index in [4.69, 9.17) is 4.74 Å². The first kappa shape index (κ1) is 27.5. The average molecular weight is 506 g/mol. The molecule has 10 heteroatoms. The van der Waals surface area contributed by atoms with Gasteiger partial charge in [-0.1, -0.05) is 24.8 Å². The van der Waals surface area contributed by atoms with Crippen molar-refractivity contribution < 1.29 is 14.3 Å². The number of anilines is 3. The minimum absolute atomic E-state index is 0.0508. The van der Waals surface area contributed by atoms with Crippen LogP contribution >= 0.6 is 0 Å². The van der Waals surface area contributed by atoms with Gasteiger partial charge in [-0.3, -0.25) is 9.59 Å². The van der Waals surface area contributed by atoms with Gasteiger partial charge in [0.2, 0.25) is 23.6 Å². The molecule has 1 fully saturated rings. The van der Waals surface area contributed by atoms with Gasteiger partial charge in [0.1, 0.15) is 5.82 Å². The molecule has 37 heavy (non-hydrogen) atoms. The summed E-state index contributed by atoms with van der Waals surface area (Å²) in [5, 5.41) is 12.1. The fraction of sp³-hybridized carbons (Fsp3) is 0.444. The summed E-state index contributed by atoms with van der Waals surface area (Å²) in [6, 6.07) is 3.62. The van der Waals surface area contributed by atoms with Crippen LogP contribution < -0.4 is 26.0 Å². The lowest BCUT2D eigenvalue weighted by Gasteiger charge is -2.33. The zero-order chi connectivity index (χ0) is 26.8. The Labute approximate surface area is 218 Å². The molecule has 1 aliphatic rings. The van der Waals surface area contributed by atoms with E-state index in [1.807, 2.05) is 6.07 Å². The molecule has 0 spiro atoms. The Hall–Kier alpha value is -4.13. The van der Waals surface area contributed by atoms with Gasteiger partial charge < -0.3 is 26.0 Å². The Balaban J connectivity index is 1.61. The molecule has 3 rings (SSSR count). The van der Waals surface area contributed by atoms with Crippen molar-refractivity contribution in [1.82, 2.24) is 25.6 Å². The number of rotatable bonds is 10. The van der Waals surface area contributed by atoms with E-state index in [-0.39, 0.29) is 23.8 Å². The second-order valence-electron chi connectivity index (χ2n) is 8.78. The van der Waals surface area contributed by atoms with Gasteiger partial charge in [0, 0.05) is 49.1 Å². The van der Waals surface area contributed by atoms with Crippen molar-refractivity contribution in [3.63, 3.8) is 0 Å². The fourth-order valence-corrected chi connectivity index (χ4v) is 3.86. The van der Waals surface area contributed by atoms with Crippen LogP contribution in [-0.4, -0.2) is 53.5 Å². The molecule has 2 amide bonds. The summed E-state index contributed by atoms with van der Waals surface area (Å²) in [7, 11) is 3.12. The molecule has 2 aromatic rings. The predicted octanol–water partition coefficient (Wildman–Crippen LogP) is 3.02. The number of carbonyl (C=O) groups is 2. The molecule has 2 heterocycles. The molecule has 0 saturated heterocycles. The highest BCUT2D eigenvalue weighted by molar-refractivity contribution is 5.99. The summed E-state index contributed by atoms with van der Waals surface area (Å²) < 4.78 is 5.16. The molecule has 1 atom stereocenters. The third-order valence-electron chi connectivity index (χ3n) is 6.09. The van der Waals surface area contributed by atoms with E-state index in [1.54, 1.807) is 52.5 Å². The molecular weight excluding hydrogens is 470 g/mol. The zero-order valence-corrected chi connectivity index (χ0v) is 22.0. The van der Waals surface area contributed by atoms with E-state index < -0.39 is 5.92 Å². The Morgan fingerprint density at radius 3 is 2.76 bits per heavy atom. The van der Waals surface area contributed by atoms with Crippen molar-refractivity contribution in [2.75, 3.05) is 31.3 Å². The molecule has 196 valence electrons. The molecule has 0 aliphatic heterocycles. The maximum absolute atomic E-state index is 12.6. The van der Waals surface area contributed by atoms with Crippen molar-refractivity contribution in [2.45, 2.75) is 46.1 Å². The molecule has 1 aliphatic carbocycles. The number of ether oxygens (including phenoxy) is 1. The van der Waals surface area contributed by atoms with Gasteiger partial charge in [-0.05, 0) is 39.2 Å². The second kappa shape index (κ2) is 13.3. The molecule has 0 aromatic carbocycles. The third-order valence-corrected chi connectivity index (χ3v) is 6.09. The van der Waals surface area contributed by atoms with Gasteiger partial charge in [0.25, 0.3) is 0 Å². The van der Waals surface area contributed by atoms with Gasteiger partial charge in [0.05, 0.1) is 24.8 Å². The normalized spacial score (nSPS) is 17.4. The number of hydrogen-bond donors (Lipinski definition) is 4. The standard InChI is InChI=1S/C27H35N7O3/c1-6-11-30-24-19(16-31-27(34-24)33-20-10-12-29-23(15-20)37-5)9-8-18-13-21(14-18)32-25(35)17(3)22(7-2)26(36)28-4/h7,10,12,15-18,21H,6,11,13-14H2,1-5H3,(H,28,36)(H,32,35)(H2,29,30,31,33,34)/b22-7-/t17-,18?,21?/m0/s1. The predicted molar refractivity (Wildman–Crippen MR) is 143 cm³/mol. The van der Waals surface area contributed by atoms with Gasteiger partial charge in [-0.15, -0.1) is 0 Å². The summed E-state index contributed by atoms with van der Waals surface area (Å²) in [6.07, 6.45) is 7.50. The van der Waals surface area contributed by atoms with Crippen LogP contribution in [0.5, 0.6) is 5.88 Å². The molecule has 2 aromatic heterocycles. The summed E-state index contributed by atoms with van der Waals surface area (Å²) in [4.78, 5) is 37.7. The molecule has 1 saturated carbocycles. The first-order valence-electron chi connectivity index (χ1n) is 12.5. The zero-order valence-electron chi connectivity index (χ0n) is 22.0. The van der Waals surface area contributed by atoms with Crippen molar-refractivity contribution in [1.29, 1.82) is 0 Å². The van der Waals surface area contributed by atoms with E-state index in [0.717, 1.165) is 37.1 Å². The number of hydrogen-bond acceptors (Lipinski definition) is 8. The number of pyridine rings is 1. The summed E-state index contributed by atoms with van der Waals surface area (Å²) in [6.45, 7) is 6.34. The minimum atomic E-state index is -0.514. The largest absolute Gasteiger partial charge is 0.481 e. The van der Waals surface area contributed by atoms with Crippen LogP contribution in [0.1, 0.15) is 45.6 Å². The van der Waals surface area contributed by atoms with Crippen molar-refractivity contribution >= 4 is 29.3 Å². The number of nitrogens with one attached hydrogen (secondary N) is 4. The lowest BCUT2D eigenvalue weighted by atomic mass is 9.80. The first-order chi connectivity index (χ1) is 17.9. The number of nitrogens with zero attached hydrogens (tertiary/aromatic N) is 3. The van der Waals surface area contributed by atoms with Crippen LogP contribution in [-0.2, 0) is 9.59 Å². The Morgan fingerprint density at radius 1 is 1.30 bits per heavy atom. The molecule has 0 radical (unpaired) electrons. The number of methoxy groups -OCH3 is 1. The van der Waals surface area contributed by atoms with Gasteiger partial charge in [-0.25, -0.2) is 9.97 Å². The Bertz CT molecular complexity index is 1200. The molecule has 0 bridgehead atoms. The van der Waals surface area contributed by atoms with E-state index in [1.165, 1.54) is 0 Å². The molecular formula is C27H35N7O3. The van der Waals surface area contributed by atoms with Gasteiger partial charge in [0.15, 0.2) is 0 Å². The van der Waals surface area contributed by atoms with Crippen LogP contribution in [0.3, 0.4) is 0 Å². The lowest BCUT2D eigenvalue weighted by Crippen LogP contribution is -2.46. The van der Waals surface area contributed by atoms with Gasteiger partial charge in [-0.2, -0.15) is 4.98 Å². The summed E-state index contributed by atoms with van der Waals surface area (Å²) >= 11 is 0. The van der Waals surface area contributed by atoms with Crippen molar-refractivity contribution in [2.24, 2.45) is 11.8 Å². The highest BCUT2D eigenvalue weighted by atomic mass is 16.5. The smallest absolute Gasteiger partial charge is 0.247 e. The van der Waals surface area contributed by atoms with Crippen LogP contribution in [0.4, 0.5) is 17.5 Å². The van der Waals surface area contributed by atoms with Gasteiger partial charge >= 0.3 is 0 Å². The average Bonchev–Trinajstić information content (AvgIpc) is 2.89. The highest BCUT2D eigenvalue weighted by Gasteiger charge is 2.31. The molecule has 0 unspecified atom stereocenters. The fourth-order valence-electron chi connectivity index (χ4n) is 3.86. The maximum Gasteiger partial charge on any atom is 0.247 e. The van der Waals surface area contributed by atoms with Crippen LogP contribution in [0.2, 0.25) is 0 Å². The number of carbonyl (C=O) groups excluding carboxylic acids is 2. The molecule has 4 N–H and O–H groups in total. The van der Waals surface area contributed by atoms with Crippen molar-refractivity contribution in [3.05, 3.63) is 41.7 Å². The van der Waals surface area contributed by atoms with Crippen LogP contribution in [0.15, 0.2) is 36.2 Å². The Kier molecular flexibility index (Phi) is 9.84. The first-order valence-corrected chi connectivity index (χ1v) is 12.5. The third kappa shape index (κ3) is 7.43. The van der Waals surface area contributed by atoms with E-state index in [0.29, 0.717) is 23.2 Å². The topological polar surface area (TPSA) is 130 Å². The minimum Gasteiger partial charge on any atom is -0.481 e. The second-order valence-corrected chi connectivity index (χ2v) is 8.78. The van der Waals surface area contributed by atoms with Crippen molar-refractivity contribution in [3.8, 4) is 17.7 Å². The quantitative estimate of drug-likeness (QED) is 0.286. The summed E-state index contributed by atoms with van der Waals surface area (Å²) in [5.74, 6) is 7.37. The number of allylic oxidation sites excluding steroid dienone is 1. The van der Waals surface area contributed by atoms with E-state index >= 15 is 0 Å². The number of likely N-dealkylation sites (N-methyl/N-ethyl adjacent to an activating group) is 1.